The van der Waals surface area contributed by atoms with Gasteiger partial charge >= 0.3 is 0 Å². The average Bonchev–Trinajstić information content (AvgIpc) is 3.15. The molecule has 2 heterocycles. The maximum absolute atomic E-state index is 12.1. The Balaban J connectivity index is 1.46. The number of aromatic amines is 1. The van der Waals surface area contributed by atoms with Gasteiger partial charge < -0.3 is 15.0 Å². The quantitative estimate of drug-likeness (QED) is 0.524. The number of carbonyl (C=O) groups is 2. The summed E-state index contributed by atoms with van der Waals surface area (Å²) in [6.45, 7) is 0.506. The molecule has 0 radical (unpaired) electrons. The fourth-order valence-corrected chi connectivity index (χ4v) is 3.27. The van der Waals surface area contributed by atoms with Crippen LogP contribution in [0.15, 0.2) is 52.8 Å². The predicted molar refractivity (Wildman–Crippen MR) is 111 cm³/mol. The van der Waals surface area contributed by atoms with Gasteiger partial charge in [-0.2, -0.15) is 0 Å². The van der Waals surface area contributed by atoms with Crippen molar-refractivity contribution in [1.29, 1.82) is 0 Å². The molecule has 0 aliphatic carbocycles. The van der Waals surface area contributed by atoms with E-state index < -0.39 is 0 Å². The maximum Gasteiger partial charge on any atom is 0.258 e. The molecule has 3 rings (SSSR count). The van der Waals surface area contributed by atoms with Gasteiger partial charge in [-0.3, -0.25) is 19.7 Å². The van der Waals surface area contributed by atoms with Gasteiger partial charge in [-0.25, -0.2) is 4.98 Å². The molecule has 0 atom stereocenters. The van der Waals surface area contributed by atoms with Crippen LogP contribution in [0.1, 0.15) is 21.6 Å². The zero-order chi connectivity index (χ0) is 20.6. The van der Waals surface area contributed by atoms with Crippen molar-refractivity contribution in [1.82, 2.24) is 15.3 Å². The second kappa shape index (κ2) is 9.65. The third-order valence-electron chi connectivity index (χ3n) is 4.03. The molecule has 0 saturated carbocycles. The molecule has 1 aromatic carbocycles. The highest BCUT2D eigenvalue weighted by molar-refractivity contribution is 7.14. The monoisotopic (exact) mass is 412 g/mol. The topological polar surface area (TPSA) is 113 Å². The number of nitrogens with one attached hydrogen (secondary N) is 3. The molecule has 3 N–H and O–H groups in total. The summed E-state index contributed by atoms with van der Waals surface area (Å²) in [4.78, 5) is 42.0. The van der Waals surface area contributed by atoms with Gasteiger partial charge in [0.25, 0.3) is 5.91 Å². The zero-order valence-corrected chi connectivity index (χ0v) is 16.5. The number of hydrogen-bond acceptors (Lipinski definition) is 6. The van der Waals surface area contributed by atoms with Gasteiger partial charge in [0.2, 0.25) is 11.5 Å². The Kier molecular flexibility index (Phi) is 6.75. The minimum atomic E-state index is -0.384. The van der Waals surface area contributed by atoms with E-state index in [1.165, 1.54) is 29.7 Å². The summed E-state index contributed by atoms with van der Waals surface area (Å²) in [5.74, 6) is 0.259. The zero-order valence-electron chi connectivity index (χ0n) is 15.7. The van der Waals surface area contributed by atoms with Gasteiger partial charge in [0.05, 0.1) is 24.8 Å². The number of methoxy groups -OCH3 is 1. The van der Waals surface area contributed by atoms with E-state index >= 15 is 0 Å². The number of anilines is 1. The molecule has 9 heteroatoms. The number of thiazole rings is 1. The standard InChI is InChI=1S/C20H20N4O4S/c1-28-16-4-2-3-13(9-16)7-8-21-18(26)10-15-12-29-20(23-15)24-19(27)14-5-6-17(25)22-11-14/h2-6,9,11-12H,7-8,10H2,1H3,(H,21,26)(H,22,25)(H,23,24,27). The van der Waals surface area contributed by atoms with Crippen molar-refractivity contribution in [3.05, 3.63) is 75.1 Å². The van der Waals surface area contributed by atoms with E-state index in [9.17, 15) is 14.4 Å². The van der Waals surface area contributed by atoms with Crippen molar-refractivity contribution in [3.8, 4) is 5.75 Å². The Bertz CT molecular complexity index is 1040. The van der Waals surface area contributed by atoms with Crippen molar-refractivity contribution in [2.75, 3.05) is 19.0 Å². The normalized spacial score (nSPS) is 10.4. The Morgan fingerprint density at radius 3 is 2.86 bits per heavy atom. The third-order valence-corrected chi connectivity index (χ3v) is 4.84. The second-order valence-electron chi connectivity index (χ2n) is 6.17. The summed E-state index contributed by atoms with van der Waals surface area (Å²) in [7, 11) is 1.62. The predicted octanol–water partition coefficient (Wildman–Crippen LogP) is 1.99. The third kappa shape index (κ3) is 6.01. The molecule has 0 fully saturated rings. The summed E-state index contributed by atoms with van der Waals surface area (Å²) in [6.07, 6.45) is 2.16. The Morgan fingerprint density at radius 1 is 1.24 bits per heavy atom. The summed E-state index contributed by atoms with van der Waals surface area (Å²) in [6, 6.07) is 10.4. The summed E-state index contributed by atoms with van der Waals surface area (Å²) < 4.78 is 5.18. The van der Waals surface area contributed by atoms with E-state index in [0.717, 1.165) is 11.3 Å². The van der Waals surface area contributed by atoms with E-state index in [4.69, 9.17) is 4.74 Å². The number of benzene rings is 1. The molecule has 2 aromatic heterocycles. The van der Waals surface area contributed by atoms with E-state index in [0.29, 0.717) is 29.4 Å². The number of rotatable bonds is 8. The molecule has 29 heavy (non-hydrogen) atoms. The van der Waals surface area contributed by atoms with Gasteiger partial charge in [-0.05, 0) is 30.2 Å². The lowest BCUT2D eigenvalue weighted by atomic mass is 10.1. The lowest BCUT2D eigenvalue weighted by Gasteiger charge is -2.06. The minimum absolute atomic E-state index is 0.128. The van der Waals surface area contributed by atoms with Crippen molar-refractivity contribution in [2.45, 2.75) is 12.8 Å². The molecule has 2 amide bonds. The first-order valence-electron chi connectivity index (χ1n) is 8.87. The highest BCUT2D eigenvalue weighted by Gasteiger charge is 2.11. The van der Waals surface area contributed by atoms with Crippen LogP contribution >= 0.6 is 11.3 Å². The molecular weight excluding hydrogens is 392 g/mol. The number of amides is 2. The van der Waals surface area contributed by atoms with E-state index in [2.05, 4.69) is 20.6 Å². The maximum atomic E-state index is 12.1. The van der Waals surface area contributed by atoms with Crippen LogP contribution in [0, 0.1) is 0 Å². The van der Waals surface area contributed by atoms with Crippen LogP contribution in [-0.2, 0) is 17.6 Å². The van der Waals surface area contributed by atoms with Crippen LogP contribution in [-0.4, -0.2) is 35.4 Å². The van der Waals surface area contributed by atoms with Crippen LogP contribution in [0.2, 0.25) is 0 Å². The highest BCUT2D eigenvalue weighted by Crippen LogP contribution is 2.17. The number of nitrogens with zero attached hydrogens (tertiary/aromatic N) is 1. The first-order valence-corrected chi connectivity index (χ1v) is 9.75. The van der Waals surface area contributed by atoms with Gasteiger partial charge in [0.15, 0.2) is 5.13 Å². The molecule has 0 unspecified atom stereocenters. The number of H-pyrrole nitrogens is 1. The van der Waals surface area contributed by atoms with Gasteiger partial charge in [-0.15, -0.1) is 11.3 Å². The molecule has 0 saturated heterocycles. The lowest BCUT2D eigenvalue weighted by molar-refractivity contribution is -0.120. The van der Waals surface area contributed by atoms with Crippen molar-refractivity contribution < 1.29 is 14.3 Å². The molecule has 8 nitrogen and oxygen atoms in total. The minimum Gasteiger partial charge on any atom is -0.497 e. The number of carbonyl (C=O) groups excluding carboxylic acids is 2. The smallest absolute Gasteiger partial charge is 0.258 e. The Morgan fingerprint density at radius 2 is 2.10 bits per heavy atom. The highest BCUT2D eigenvalue weighted by atomic mass is 32.1. The average molecular weight is 412 g/mol. The van der Waals surface area contributed by atoms with E-state index in [1.807, 2.05) is 24.3 Å². The van der Waals surface area contributed by atoms with Crippen LogP contribution in [0.25, 0.3) is 0 Å². The molecule has 0 aliphatic heterocycles. The van der Waals surface area contributed by atoms with Crippen LogP contribution in [0.3, 0.4) is 0 Å². The number of pyridine rings is 1. The van der Waals surface area contributed by atoms with E-state index in [-0.39, 0.29) is 23.8 Å². The van der Waals surface area contributed by atoms with E-state index in [1.54, 1.807) is 12.5 Å². The van der Waals surface area contributed by atoms with Crippen LogP contribution in [0.4, 0.5) is 5.13 Å². The Labute approximate surface area is 171 Å². The SMILES string of the molecule is COc1cccc(CCNC(=O)Cc2csc(NC(=O)c3ccc(=O)[nH]c3)n2)c1. The molecular formula is C20H20N4O4S. The van der Waals surface area contributed by atoms with Crippen LogP contribution in [0.5, 0.6) is 5.75 Å². The number of aromatic nitrogens is 2. The number of hydrogen-bond donors (Lipinski definition) is 3. The van der Waals surface area contributed by atoms with Crippen molar-refractivity contribution in [2.24, 2.45) is 0 Å². The second-order valence-corrected chi connectivity index (χ2v) is 7.03. The molecule has 0 bridgehead atoms. The van der Waals surface area contributed by atoms with Crippen molar-refractivity contribution >= 4 is 28.3 Å². The molecule has 0 spiro atoms. The summed E-state index contributed by atoms with van der Waals surface area (Å²) >= 11 is 1.23. The van der Waals surface area contributed by atoms with Crippen LogP contribution < -0.4 is 20.9 Å². The molecule has 150 valence electrons. The molecule has 0 aliphatic rings. The largest absolute Gasteiger partial charge is 0.497 e. The Hall–Kier alpha value is -3.46. The van der Waals surface area contributed by atoms with Gasteiger partial charge in [0, 0.05) is 24.2 Å². The summed E-state index contributed by atoms with van der Waals surface area (Å²) in [5, 5.41) is 7.63. The fourth-order valence-electron chi connectivity index (χ4n) is 2.57. The first-order chi connectivity index (χ1) is 14.0. The number of ether oxygens (including phenoxy) is 1. The van der Waals surface area contributed by atoms with Gasteiger partial charge in [-0.1, -0.05) is 12.1 Å². The fraction of sp³-hybridized carbons (Fsp3) is 0.200. The lowest BCUT2D eigenvalue weighted by Crippen LogP contribution is -2.27. The molecule has 3 aromatic rings. The first kappa shape index (κ1) is 20.3. The summed E-state index contributed by atoms with van der Waals surface area (Å²) in [5.41, 5.74) is 1.68. The van der Waals surface area contributed by atoms with Crippen molar-refractivity contribution in [3.63, 3.8) is 0 Å². The van der Waals surface area contributed by atoms with Gasteiger partial charge in [0.1, 0.15) is 5.75 Å².